The van der Waals surface area contributed by atoms with Gasteiger partial charge < -0.3 is 15.4 Å². The molecule has 1 aromatic carbocycles. The van der Waals surface area contributed by atoms with Crippen molar-refractivity contribution >= 4 is 10.9 Å². The molecule has 0 aliphatic heterocycles. The molecular weight excluding hydrogens is 224 g/mol. The third-order valence-electron chi connectivity index (χ3n) is 3.99. The van der Waals surface area contributed by atoms with Gasteiger partial charge in [-0.3, -0.25) is 0 Å². The molecular formula is C15H21N2O+. The van der Waals surface area contributed by atoms with E-state index in [-0.39, 0.29) is 6.61 Å². The van der Waals surface area contributed by atoms with E-state index in [1.165, 1.54) is 47.0 Å². The zero-order valence-corrected chi connectivity index (χ0v) is 10.9. The Kier molecular flexibility index (Phi) is 3.10. The number of aromatic amines is 1. The molecule has 0 amide bonds. The average Bonchev–Trinajstić information content (AvgIpc) is 2.75. The number of fused-ring (bicyclic) bond motifs is 3. The number of hydrogen-bond donors (Lipinski definition) is 3. The van der Waals surface area contributed by atoms with E-state index < -0.39 is 0 Å². The van der Waals surface area contributed by atoms with E-state index in [4.69, 9.17) is 5.11 Å². The first-order chi connectivity index (χ1) is 8.79. The first-order valence-electron chi connectivity index (χ1n) is 6.85. The van der Waals surface area contributed by atoms with Crippen molar-refractivity contribution in [3.63, 3.8) is 0 Å². The predicted molar refractivity (Wildman–Crippen MR) is 72.6 cm³/mol. The SMILES string of the molecule is Cc1ccc2[nH]c3c(c2c1)CCC[C@@H]3[NH2+]CCO. The topological polar surface area (TPSA) is 52.6 Å². The zero-order valence-electron chi connectivity index (χ0n) is 10.9. The lowest BCUT2D eigenvalue weighted by atomic mass is 9.91. The molecule has 1 heterocycles. The van der Waals surface area contributed by atoms with E-state index in [9.17, 15) is 0 Å². The molecule has 18 heavy (non-hydrogen) atoms. The van der Waals surface area contributed by atoms with Gasteiger partial charge in [-0.25, -0.2) is 0 Å². The van der Waals surface area contributed by atoms with Crippen LogP contribution in [-0.2, 0) is 6.42 Å². The second-order valence-corrected chi connectivity index (χ2v) is 5.31. The van der Waals surface area contributed by atoms with Gasteiger partial charge >= 0.3 is 0 Å². The first kappa shape index (κ1) is 11.8. The highest BCUT2D eigenvalue weighted by Crippen LogP contribution is 2.33. The lowest BCUT2D eigenvalue weighted by Crippen LogP contribution is -2.86. The maximum absolute atomic E-state index is 8.98. The Balaban J connectivity index is 2.04. The van der Waals surface area contributed by atoms with Crippen LogP contribution in [0.5, 0.6) is 0 Å². The Hall–Kier alpha value is -1.32. The first-order valence-corrected chi connectivity index (χ1v) is 6.85. The van der Waals surface area contributed by atoms with Crippen LogP contribution in [0, 0.1) is 6.92 Å². The van der Waals surface area contributed by atoms with E-state index in [0.29, 0.717) is 6.04 Å². The van der Waals surface area contributed by atoms with Crippen molar-refractivity contribution < 1.29 is 10.4 Å². The molecule has 0 radical (unpaired) electrons. The highest BCUT2D eigenvalue weighted by molar-refractivity contribution is 5.85. The molecule has 0 fully saturated rings. The van der Waals surface area contributed by atoms with Gasteiger partial charge in [0.15, 0.2) is 0 Å². The minimum Gasteiger partial charge on any atom is -0.391 e. The molecule has 0 spiro atoms. The van der Waals surface area contributed by atoms with Gasteiger partial charge in [0.05, 0.1) is 18.8 Å². The van der Waals surface area contributed by atoms with Crippen molar-refractivity contribution in [2.24, 2.45) is 0 Å². The summed E-state index contributed by atoms with van der Waals surface area (Å²) in [6.07, 6.45) is 3.64. The zero-order chi connectivity index (χ0) is 12.5. The number of aromatic nitrogens is 1. The van der Waals surface area contributed by atoms with E-state index in [1.54, 1.807) is 0 Å². The molecule has 0 bridgehead atoms. The highest BCUT2D eigenvalue weighted by Gasteiger charge is 2.26. The second kappa shape index (κ2) is 4.75. The van der Waals surface area contributed by atoms with Crippen LogP contribution in [0.3, 0.4) is 0 Å². The standard InChI is InChI=1S/C15H20N2O/c1-10-5-6-13-12(9-10)11-3-2-4-14(15(11)17-13)16-7-8-18/h5-6,9,14,16-18H,2-4,7-8H2,1H3/p+1/t14-/m0/s1. The van der Waals surface area contributed by atoms with Crippen LogP contribution in [0.15, 0.2) is 18.2 Å². The number of H-pyrrole nitrogens is 1. The quantitative estimate of drug-likeness (QED) is 0.752. The Bertz CT molecular complexity index is 559. The van der Waals surface area contributed by atoms with E-state index in [0.717, 1.165) is 6.54 Å². The third kappa shape index (κ3) is 1.93. The molecule has 1 aliphatic carbocycles. The summed E-state index contributed by atoms with van der Waals surface area (Å²) in [5.41, 5.74) is 5.47. The number of hydrogen-bond acceptors (Lipinski definition) is 1. The Labute approximate surface area is 107 Å². The van der Waals surface area contributed by atoms with Crippen LogP contribution in [0.25, 0.3) is 10.9 Å². The highest BCUT2D eigenvalue weighted by atomic mass is 16.3. The normalized spacial score (nSPS) is 19.1. The van der Waals surface area contributed by atoms with Gasteiger partial charge in [-0.15, -0.1) is 0 Å². The molecule has 3 heteroatoms. The Morgan fingerprint density at radius 3 is 3.17 bits per heavy atom. The number of nitrogens with two attached hydrogens (primary N) is 1. The van der Waals surface area contributed by atoms with Crippen molar-refractivity contribution in [2.75, 3.05) is 13.2 Å². The number of nitrogens with one attached hydrogen (secondary N) is 1. The van der Waals surface area contributed by atoms with Crippen molar-refractivity contribution in [1.82, 2.24) is 4.98 Å². The summed E-state index contributed by atoms with van der Waals surface area (Å²) in [6.45, 7) is 3.20. The van der Waals surface area contributed by atoms with Gasteiger partial charge in [-0.2, -0.15) is 0 Å². The Morgan fingerprint density at radius 2 is 2.33 bits per heavy atom. The van der Waals surface area contributed by atoms with Crippen LogP contribution < -0.4 is 5.32 Å². The molecule has 0 saturated heterocycles. The number of aliphatic hydroxyl groups excluding tert-OH is 1. The van der Waals surface area contributed by atoms with Crippen LogP contribution in [0.1, 0.15) is 35.7 Å². The molecule has 4 N–H and O–H groups in total. The number of quaternary nitrogens is 1. The van der Waals surface area contributed by atoms with Crippen LogP contribution in [0.4, 0.5) is 0 Å². The molecule has 3 rings (SSSR count). The summed E-state index contributed by atoms with van der Waals surface area (Å²) >= 11 is 0. The van der Waals surface area contributed by atoms with Crippen molar-refractivity contribution in [1.29, 1.82) is 0 Å². The van der Waals surface area contributed by atoms with Gasteiger partial charge in [0.1, 0.15) is 6.04 Å². The summed E-state index contributed by atoms with van der Waals surface area (Å²) < 4.78 is 0. The van der Waals surface area contributed by atoms with Gasteiger partial charge in [0, 0.05) is 17.3 Å². The average molecular weight is 245 g/mol. The van der Waals surface area contributed by atoms with Crippen molar-refractivity contribution in [2.45, 2.75) is 32.2 Å². The molecule has 3 nitrogen and oxygen atoms in total. The molecule has 1 aromatic heterocycles. The maximum Gasteiger partial charge on any atom is 0.127 e. The number of benzene rings is 1. The summed E-state index contributed by atoms with van der Waals surface area (Å²) in [7, 11) is 0. The second-order valence-electron chi connectivity index (χ2n) is 5.31. The van der Waals surface area contributed by atoms with Gasteiger partial charge in [0.2, 0.25) is 0 Å². The third-order valence-corrected chi connectivity index (χ3v) is 3.99. The van der Waals surface area contributed by atoms with Crippen molar-refractivity contribution in [3.05, 3.63) is 35.0 Å². The molecule has 1 aliphatic rings. The largest absolute Gasteiger partial charge is 0.391 e. The molecule has 2 aromatic rings. The molecule has 0 saturated carbocycles. The summed E-state index contributed by atoms with van der Waals surface area (Å²) in [6, 6.07) is 7.13. The smallest absolute Gasteiger partial charge is 0.127 e. The maximum atomic E-state index is 8.98. The monoisotopic (exact) mass is 245 g/mol. The summed E-state index contributed by atoms with van der Waals surface area (Å²) in [4.78, 5) is 3.59. The van der Waals surface area contributed by atoms with Gasteiger partial charge in [-0.05, 0) is 37.5 Å². The van der Waals surface area contributed by atoms with E-state index in [1.807, 2.05) is 0 Å². The fraction of sp³-hybridized carbons (Fsp3) is 0.467. The van der Waals surface area contributed by atoms with E-state index >= 15 is 0 Å². The number of aryl methyl sites for hydroxylation is 2. The predicted octanol–water partition coefficient (Wildman–Crippen LogP) is 1.41. The van der Waals surface area contributed by atoms with Crippen LogP contribution in [0.2, 0.25) is 0 Å². The molecule has 0 unspecified atom stereocenters. The minimum atomic E-state index is 0.255. The lowest BCUT2D eigenvalue weighted by molar-refractivity contribution is -0.698. The molecule has 1 atom stereocenters. The molecule has 96 valence electrons. The number of rotatable bonds is 3. The lowest BCUT2D eigenvalue weighted by Gasteiger charge is -2.20. The number of aliphatic hydroxyl groups is 1. The Morgan fingerprint density at radius 1 is 1.44 bits per heavy atom. The minimum absolute atomic E-state index is 0.255. The fourth-order valence-corrected chi connectivity index (χ4v) is 3.12. The van der Waals surface area contributed by atoms with Gasteiger partial charge in [0.25, 0.3) is 0 Å². The van der Waals surface area contributed by atoms with Crippen LogP contribution >= 0.6 is 0 Å². The van der Waals surface area contributed by atoms with Crippen LogP contribution in [-0.4, -0.2) is 23.2 Å². The van der Waals surface area contributed by atoms with Crippen molar-refractivity contribution in [3.8, 4) is 0 Å². The fourth-order valence-electron chi connectivity index (χ4n) is 3.12. The van der Waals surface area contributed by atoms with E-state index in [2.05, 4.69) is 35.4 Å². The summed E-state index contributed by atoms with van der Waals surface area (Å²) in [5, 5.41) is 12.6. The summed E-state index contributed by atoms with van der Waals surface area (Å²) in [5.74, 6) is 0. The van der Waals surface area contributed by atoms with Gasteiger partial charge in [-0.1, -0.05) is 11.6 Å².